The largest absolute Gasteiger partial charge is 0.370 e. The summed E-state index contributed by atoms with van der Waals surface area (Å²) in [4.78, 5) is 4.44. The lowest BCUT2D eigenvalue weighted by Gasteiger charge is -2.30. The topological polar surface area (TPSA) is 96.6 Å². The second-order valence-electron chi connectivity index (χ2n) is 6.39. The molecule has 0 saturated heterocycles. The Morgan fingerprint density at radius 2 is 1.76 bits per heavy atom. The maximum Gasteiger partial charge on any atom is 0.208 e. The number of aliphatic imine (C=N–C) groups is 1. The van der Waals surface area contributed by atoms with Gasteiger partial charge in [-0.3, -0.25) is 4.99 Å². The molecule has 2 aliphatic rings. The highest BCUT2D eigenvalue weighted by Gasteiger charge is 2.27. The number of hydrogen-bond donors (Lipinski definition) is 3. The summed E-state index contributed by atoms with van der Waals surface area (Å²) < 4.78 is 25.6. The summed E-state index contributed by atoms with van der Waals surface area (Å²) in [5, 5.41) is 3.27. The van der Waals surface area contributed by atoms with Crippen LogP contribution in [-0.4, -0.2) is 39.3 Å². The molecule has 0 spiro atoms. The van der Waals surface area contributed by atoms with E-state index in [0.717, 1.165) is 38.5 Å². The molecule has 122 valence electrons. The van der Waals surface area contributed by atoms with Gasteiger partial charge in [0.2, 0.25) is 10.0 Å². The van der Waals surface area contributed by atoms with Crippen molar-refractivity contribution in [1.82, 2.24) is 10.0 Å². The van der Waals surface area contributed by atoms with Gasteiger partial charge in [0.05, 0.1) is 6.26 Å². The van der Waals surface area contributed by atoms with Crippen LogP contribution in [0.25, 0.3) is 0 Å². The van der Waals surface area contributed by atoms with Gasteiger partial charge in [-0.2, -0.15) is 0 Å². The molecule has 2 saturated carbocycles. The molecule has 2 aliphatic carbocycles. The molecule has 0 bridgehead atoms. The molecule has 0 heterocycles. The van der Waals surface area contributed by atoms with Crippen LogP contribution in [0.1, 0.15) is 51.4 Å². The molecule has 0 aromatic carbocycles. The average molecular weight is 316 g/mol. The molecule has 2 atom stereocenters. The third-order valence-electron chi connectivity index (χ3n) is 4.48. The lowest BCUT2D eigenvalue weighted by molar-refractivity contribution is 0.297. The second kappa shape index (κ2) is 7.45. The summed E-state index contributed by atoms with van der Waals surface area (Å²) in [6, 6.07) is 0.460. The van der Waals surface area contributed by atoms with Crippen LogP contribution in [0.2, 0.25) is 0 Å². The quantitative estimate of drug-likeness (QED) is 0.519. The minimum absolute atomic E-state index is 0.00298. The predicted octanol–water partition coefficient (Wildman–Crippen LogP) is 0.941. The van der Waals surface area contributed by atoms with Crippen LogP contribution < -0.4 is 15.8 Å². The minimum Gasteiger partial charge on any atom is -0.370 e. The minimum atomic E-state index is -3.16. The van der Waals surface area contributed by atoms with Crippen LogP contribution in [0.5, 0.6) is 0 Å². The van der Waals surface area contributed by atoms with E-state index in [0.29, 0.717) is 18.5 Å². The second-order valence-corrected chi connectivity index (χ2v) is 8.17. The van der Waals surface area contributed by atoms with E-state index in [4.69, 9.17) is 5.73 Å². The van der Waals surface area contributed by atoms with E-state index in [1.54, 1.807) is 0 Å². The molecule has 2 fully saturated rings. The standard InChI is InChI=1S/C14H28N4O2S/c1-21(19,20)18-13-9-5-2-6-11(13)10-16-14(15)17-12-7-3-4-8-12/h11-13,18H,2-10H2,1H3,(H3,15,16,17). The third-order valence-corrected chi connectivity index (χ3v) is 5.21. The van der Waals surface area contributed by atoms with Crippen LogP contribution in [0.4, 0.5) is 0 Å². The Balaban J connectivity index is 1.86. The normalized spacial score (nSPS) is 28.7. The molecule has 0 aromatic rings. The number of nitrogens with two attached hydrogens (primary N) is 1. The van der Waals surface area contributed by atoms with E-state index in [9.17, 15) is 8.42 Å². The van der Waals surface area contributed by atoms with Gasteiger partial charge in [0, 0.05) is 18.6 Å². The Labute approximate surface area is 128 Å². The molecule has 7 heteroatoms. The van der Waals surface area contributed by atoms with Gasteiger partial charge in [-0.1, -0.05) is 25.7 Å². The summed E-state index contributed by atoms with van der Waals surface area (Å²) in [5.41, 5.74) is 5.94. The maximum atomic E-state index is 11.4. The Morgan fingerprint density at radius 1 is 1.14 bits per heavy atom. The molecule has 2 rings (SSSR count). The van der Waals surface area contributed by atoms with Gasteiger partial charge in [-0.05, 0) is 31.6 Å². The molecule has 4 N–H and O–H groups in total. The van der Waals surface area contributed by atoms with Crippen molar-refractivity contribution in [3.05, 3.63) is 0 Å². The van der Waals surface area contributed by atoms with E-state index >= 15 is 0 Å². The first kappa shape index (κ1) is 16.5. The zero-order valence-corrected chi connectivity index (χ0v) is 13.7. The van der Waals surface area contributed by atoms with Crippen LogP contribution in [0.3, 0.4) is 0 Å². The number of rotatable bonds is 5. The highest BCUT2D eigenvalue weighted by atomic mass is 32.2. The van der Waals surface area contributed by atoms with Crippen molar-refractivity contribution in [3.8, 4) is 0 Å². The highest BCUT2D eigenvalue weighted by molar-refractivity contribution is 7.88. The monoisotopic (exact) mass is 316 g/mol. The Kier molecular flexibility index (Phi) is 5.87. The van der Waals surface area contributed by atoms with Gasteiger partial charge in [-0.15, -0.1) is 0 Å². The number of sulfonamides is 1. The van der Waals surface area contributed by atoms with Crippen LogP contribution in [-0.2, 0) is 10.0 Å². The Bertz CT molecular complexity index is 458. The zero-order valence-electron chi connectivity index (χ0n) is 12.8. The van der Waals surface area contributed by atoms with Crippen molar-refractivity contribution < 1.29 is 8.42 Å². The first-order valence-corrected chi connectivity index (χ1v) is 9.87. The summed E-state index contributed by atoms with van der Waals surface area (Å²) in [5.74, 6) is 0.753. The van der Waals surface area contributed by atoms with E-state index in [1.807, 2.05) is 0 Å². The molecule has 0 aromatic heterocycles. The van der Waals surface area contributed by atoms with Gasteiger partial charge in [-0.25, -0.2) is 13.1 Å². The molecule has 0 amide bonds. The fourth-order valence-corrected chi connectivity index (χ4v) is 4.26. The predicted molar refractivity (Wildman–Crippen MR) is 85.6 cm³/mol. The Hall–Kier alpha value is -0.820. The third kappa shape index (κ3) is 5.82. The van der Waals surface area contributed by atoms with Gasteiger partial charge in [0.1, 0.15) is 0 Å². The van der Waals surface area contributed by atoms with Gasteiger partial charge >= 0.3 is 0 Å². The van der Waals surface area contributed by atoms with E-state index in [2.05, 4.69) is 15.0 Å². The molecular weight excluding hydrogens is 288 g/mol. The van der Waals surface area contributed by atoms with Gasteiger partial charge < -0.3 is 11.1 Å². The summed E-state index contributed by atoms with van der Waals surface area (Å²) >= 11 is 0. The first-order chi connectivity index (χ1) is 9.94. The van der Waals surface area contributed by atoms with Crippen LogP contribution in [0, 0.1) is 5.92 Å². The van der Waals surface area contributed by atoms with Crippen LogP contribution in [0.15, 0.2) is 4.99 Å². The van der Waals surface area contributed by atoms with Crippen molar-refractivity contribution in [2.24, 2.45) is 16.6 Å². The summed E-state index contributed by atoms with van der Waals surface area (Å²) in [6.45, 7) is 0.596. The fraction of sp³-hybridized carbons (Fsp3) is 0.929. The number of nitrogens with zero attached hydrogens (tertiary/aromatic N) is 1. The molecule has 0 radical (unpaired) electrons. The number of nitrogens with one attached hydrogen (secondary N) is 2. The molecule has 6 nitrogen and oxygen atoms in total. The molecule has 2 unspecified atom stereocenters. The van der Waals surface area contributed by atoms with Crippen LogP contribution >= 0.6 is 0 Å². The smallest absolute Gasteiger partial charge is 0.208 e. The van der Waals surface area contributed by atoms with Gasteiger partial charge in [0.25, 0.3) is 0 Å². The van der Waals surface area contributed by atoms with Crippen molar-refractivity contribution >= 4 is 16.0 Å². The maximum absolute atomic E-state index is 11.4. The lowest BCUT2D eigenvalue weighted by Crippen LogP contribution is -2.43. The SMILES string of the molecule is CS(=O)(=O)NC1CCCCC1CN=C(N)NC1CCCC1. The van der Waals surface area contributed by atoms with Crippen molar-refractivity contribution in [3.63, 3.8) is 0 Å². The number of hydrogen-bond acceptors (Lipinski definition) is 3. The van der Waals surface area contributed by atoms with Gasteiger partial charge in [0.15, 0.2) is 5.96 Å². The van der Waals surface area contributed by atoms with E-state index < -0.39 is 10.0 Å². The first-order valence-electron chi connectivity index (χ1n) is 7.98. The number of guanidine groups is 1. The van der Waals surface area contributed by atoms with Crippen molar-refractivity contribution in [1.29, 1.82) is 0 Å². The molecule has 21 heavy (non-hydrogen) atoms. The lowest BCUT2D eigenvalue weighted by atomic mass is 9.85. The highest BCUT2D eigenvalue weighted by Crippen LogP contribution is 2.25. The molecular formula is C14H28N4O2S. The average Bonchev–Trinajstić information content (AvgIpc) is 2.89. The zero-order chi connectivity index (χ0) is 15.3. The van der Waals surface area contributed by atoms with Crippen molar-refractivity contribution in [2.75, 3.05) is 12.8 Å². The Morgan fingerprint density at radius 3 is 2.43 bits per heavy atom. The summed E-state index contributed by atoms with van der Waals surface area (Å²) in [7, 11) is -3.16. The fourth-order valence-electron chi connectivity index (χ4n) is 3.40. The van der Waals surface area contributed by atoms with E-state index in [-0.39, 0.29) is 12.0 Å². The van der Waals surface area contributed by atoms with Crippen molar-refractivity contribution in [2.45, 2.75) is 63.5 Å². The van der Waals surface area contributed by atoms with E-state index in [1.165, 1.54) is 19.1 Å². The molecule has 0 aliphatic heterocycles. The summed E-state index contributed by atoms with van der Waals surface area (Å²) in [6.07, 6.45) is 10.2.